The lowest BCUT2D eigenvalue weighted by atomic mass is 9.81. The zero-order chi connectivity index (χ0) is 40.3. The van der Waals surface area contributed by atoms with Gasteiger partial charge >= 0.3 is 0 Å². The smallest absolute Gasteiger partial charge is 0.159 e. The Kier molecular flexibility index (Phi) is 7.36. The van der Waals surface area contributed by atoms with Crippen molar-refractivity contribution in [3.8, 4) is 44.5 Å². The quantitative estimate of drug-likeness (QED) is 0.173. The van der Waals surface area contributed by atoms with E-state index in [4.69, 9.17) is 4.42 Å². The average Bonchev–Trinajstić information content (AvgIpc) is 3.86. The van der Waals surface area contributed by atoms with Gasteiger partial charge in [0.25, 0.3) is 0 Å². The van der Waals surface area contributed by atoms with Gasteiger partial charge in [-0.2, -0.15) is 0 Å². The van der Waals surface area contributed by atoms with Gasteiger partial charge in [0.2, 0.25) is 0 Å². The van der Waals surface area contributed by atoms with Crippen LogP contribution in [0.3, 0.4) is 0 Å². The molecule has 60 heavy (non-hydrogen) atoms. The van der Waals surface area contributed by atoms with Crippen molar-refractivity contribution in [2.24, 2.45) is 0 Å². The molecule has 1 heterocycles. The van der Waals surface area contributed by atoms with Gasteiger partial charge in [-0.25, -0.2) is 0 Å². The summed E-state index contributed by atoms with van der Waals surface area (Å²) in [5, 5.41) is 4.58. The Hall–Kier alpha value is -7.16. The summed E-state index contributed by atoms with van der Waals surface area (Å²) in [5.74, 6) is 0. The van der Waals surface area contributed by atoms with Gasteiger partial charge in [-0.1, -0.05) is 173 Å². The number of anilines is 3. The number of hydrogen-bond donors (Lipinski definition) is 0. The molecule has 286 valence electrons. The standard InChI is InChI=1S/C58H43NO/c1-57(2)49-22-12-10-19-43(49)45-31-29-38(34-51(45)57)36-25-27-37(28-26-36)54-42-18-9-8-15-39(42)33-48-47-21-14-24-53(55(47)60-56(48)54)59(40-16-6-5-7-17-40)41-30-32-46-44-20-11-13-23-50(44)58(3,4)52(46)35-41/h5-35H,1-4H3. The van der Waals surface area contributed by atoms with Crippen LogP contribution in [0.2, 0.25) is 0 Å². The third-order valence-corrected chi connectivity index (χ3v) is 13.7. The molecule has 2 aliphatic rings. The molecule has 0 radical (unpaired) electrons. The summed E-state index contributed by atoms with van der Waals surface area (Å²) >= 11 is 0. The van der Waals surface area contributed by atoms with Gasteiger partial charge in [0.15, 0.2) is 5.58 Å². The molecular formula is C58H43NO. The number of benzene rings is 9. The van der Waals surface area contributed by atoms with Crippen molar-refractivity contribution in [2.75, 3.05) is 4.90 Å². The van der Waals surface area contributed by atoms with E-state index in [-0.39, 0.29) is 10.8 Å². The van der Waals surface area contributed by atoms with Crippen LogP contribution in [0.5, 0.6) is 0 Å². The summed E-state index contributed by atoms with van der Waals surface area (Å²) in [6.45, 7) is 9.39. The Labute approximate surface area is 351 Å². The molecule has 1 aromatic heterocycles. The monoisotopic (exact) mass is 769 g/mol. The number of rotatable bonds is 5. The molecule has 0 saturated heterocycles. The molecule has 0 amide bonds. The van der Waals surface area contributed by atoms with Gasteiger partial charge in [0.1, 0.15) is 5.58 Å². The maximum atomic E-state index is 7.26. The molecule has 0 N–H and O–H groups in total. The fourth-order valence-corrected chi connectivity index (χ4v) is 10.6. The highest BCUT2D eigenvalue weighted by Gasteiger charge is 2.37. The minimum atomic E-state index is -0.122. The summed E-state index contributed by atoms with van der Waals surface area (Å²) < 4.78 is 7.26. The van der Waals surface area contributed by atoms with Crippen LogP contribution in [-0.2, 0) is 10.8 Å². The predicted octanol–water partition coefficient (Wildman–Crippen LogP) is 16.2. The van der Waals surface area contributed by atoms with Gasteiger partial charge in [-0.15, -0.1) is 0 Å². The summed E-state index contributed by atoms with van der Waals surface area (Å²) in [6.07, 6.45) is 0. The van der Waals surface area contributed by atoms with E-state index in [0.717, 1.165) is 50.1 Å². The second kappa shape index (κ2) is 12.7. The first kappa shape index (κ1) is 34.8. The first-order chi connectivity index (χ1) is 29.3. The van der Waals surface area contributed by atoms with Crippen LogP contribution in [0.15, 0.2) is 192 Å². The Balaban J connectivity index is 1.01. The van der Waals surface area contributed by atoms with Crippen LogP contribution in [-0.4, -0.2) is 0 Å². The largest absolute Gasteiger partial charge is 0.453 e. The third-order valence-electron chi connectivity index (χ3n) is 13.7. The average molecular weight is 770 g/mol. The summed E-state index contributed by atoms with van der Waals surface area (Å²) in [7, 11) is 0. The first-order valence-corrected chi connectivity index (χ1v) is 21.1. The van der Waals surface area contributed by atoms with Crippen LogP contribution in [0.4, 0.5) is 17.1 Å². The van der Waals surface area contributed by atoms with Gasteiger partial charge in [0.05, 0.1) is 5.69 Å². The van der Waals surface area contributed by atoms with Crippen LogP contribution < -0.4 is 4.90 Å². The van der Waals surface area contributed by atoms with Crippen molar-refractivity contribution in [1.29, 1.82) is 0 Å². The van der Waals surface area contributed by atoms with E-state index < -0.39 is 0 Å². The van der Waals surface area contributed by atoms with Crippen molar-refractivity contribution in [1.82, 2.24) is 0 Å². The molecule has 0 fully saturated rings. The van der Waals surface area contributed by atoms with E-state index in [1.54, 1.807) is 0 Å². The SMILES string of the molecule is CC1(C)c2ccccc2-c2ccc(-c3ccc(-c4c5ccccc5cc5c4oc4c(N(c6ccccc6)c6ccc7c(c6)C(C)(C)c6ccccc6-7)cccc45)cc3)cc21. The van der Waals surface area contributed by atoms with Gasteiger partial charge in [-0.3, -0.25) is 0 Å². The van der Waals surface area contributed by atoms with Gasteiger partial charge in [0, 0.05) is 38.5 Å². The second-order valence-corrected chi connectivity index (χ2v) is 17.7. The summed E-state index contributed by atoms with van der Waals surface area (Å²) in [4.78, 5) is 2.37. The highest BCUT2D eigenvalue weighted by molar-refractivity contribution is 6.20. The van der Waals surface area contributed by atoms with Crippen LogP contribution in [0.25, 0.3) is 77.2 Å². The topological polar surface area (TPSA) is 16.4 Å². The highest BCUT2D eigenvalue weighted by Crippen LogP contribution is 2.53. The van der Waals surface area contributed by atoms with E-state index in [1.165, 1.54) is 66.4 Å². The molecule has 12 rings (SSSR count). The van der Waals surface area contributed by atoms with Crippen LogP contribution in [0.1, 0.15) is 49.9 Å². The van der Waals surface area contributed by atoms with E-state index in [0.29, 0.717) is 0 Å². The molecule has 2 heteroatoms. The molecule has 9 aromatic carbocycles. The molecule has 10 aromatic rings. The van der Waals surface area contributed by atoms with Crippen molar-refractivity contribution in [2.45, 2.75) is 38.5 Å². The maximum absolute atomic E-state index is 7.26. The Morgan fingerprint density at radius 2 is 0.933 bits per heavy atom. The fourth-order valence-electron chi connectivity index (χ4n) is 10.6. The van der Waals surface area contributed by atoms with Gasteiger partial charge < -0.3 is 9.32 Å². The van der Waals surface area contributed by atoms with E-state index in [9.17, 15) is 0 Å². The van der Waals surface area contributed by atoms with Crippen LogP contribution in [0, 0.1) is 0 Å². The summed E-state index contributed by atoms with van der Waals surface area (Å²) in [5.41, 5.74) is 20.3. The number of nitrogens with zero attached hydrogens (tertiary/aromatic N) is 1. The molecule has 0 saturated carbocycles. The minimum absolute atomic E-state index is 0.0460. The first-order valence-electron chi connectivity index (χ1n) is 21.1. The van der Waals surface area contributed by atoms with Crippen molar-refractivity contribution in [3.05, 3.63) is 210 Å². The minimum Gasteiger partial charge on any atom is -0.453 e. The molecule has 0 aliphatic heterocycles. The number of furan rings is 1. The normalized spacial score (nSPS) is 14.3. The van der Waals surface area contributed by atoms with E-state index in [2.05, 4.69) is 221 Å². The van der Waals surface area contributed by atoms with E-state index >= 15 is 0 Å². The van der Waals surface area contributed by atoms with Crippen molar-refractivity contribution < 1.29 is 4.42 Å². The third kappa shape index (κ3) is 4.94. The Bertz CT molecular complexity index is 3370. The molecule has 2 nitrogen and oxygen atoms in total. The number of fused-ring (bicyclic) bond motifs is 10. The molecular weight excluding hydrogens is 727 g/mol. The number of para-hydroxylation sites is 2. The summed E-state index contributed by atoms with van der Waals surface area (Å²) in [6, 6.07) is 69.1. The number of hydrogen-bond acceptors (Lipinski definition) is 2. The zero-order valence-corrected chi connectivity index (χ0v) is 34.3. The molecule has 0 spiro atoms. The Morgan fingerprint density at radius 3 is 1.67 bits per heavy atom. The fraction of sp³-hybridized carbons (Fsp3) is 0.103. The van der Waals surface area contributed by atoms with E-state index in [1.807, 2.05) is 0 Å². The molecule has 2 aliphatic carbocycles. The van der Waals surface area contributed by atoms with Crippen molar-refractivity contribution in [3.63, 3.8) is 0 Å². The second-order valence-electron chi connectivity index (χ2n) is 17.7. The lowest BCUT2D eigenvalue weighted by molar-refractivity contribution is 0.660. The maximum Gasteiger partial charge on any atom is 0.159 e. The predicted molar refractivity (Wildman–Crippen MR) is 252 cm³/mol. The Morgan fingerprint density at radius 1 is 0.367 bits per heavy atom. The lowest BCUT2D eigenvalue weighted by Gasteiger charge is -2.28. The zero-order valence-electron chi connectivity index (χ0n) is 34.3. The van der Waals surface area contributed by atoms with Crippen molar-refractivity contribution >= 4 is 49.8 Å². The van der Waals surface area contributed by atoms with Gasteiger partial charge in [-0.05, 0) is 114 Å². The molecule has 0 bridgehead atoms. The van der Waals surface area contributed by atoms with Crippen LogP contribution >= 0.6 is 0 Å². The highest BCUT2D eigenvalue weighted by atomic mass is 16.3. The molecule has 0 unspecified atom stereocenters. The lowest BCUT2D eigenvalue weighted by Crippen LogP contribution is -2.16. The molecule has 0 atom stereocenters.